The number of nitrogens with zero attached hydrogens (tertiary/aromatic N) is 3. The van der Waals surface area contributed by atoms with E-state index >= 15 is 0 Å². The van der Waals surface area contributed by atoms with Crippen molar-refractivity contribution in [1.29, 1.82) is 0 Å². The van der Waals surface area contributed by atoms with Gasteiger partial charge in [0, 0.05) is 18.9 Å². The number of aliphatic carboxylic acids is 1. The molecule has 1 aromatic heterocycles. The summed E-state index contributed by atoms with van der Waals surface area (Å²) in [6.45, 7) is 2.64. The number of carbonyl (C=O) groups is 1. The van der Waals surface area contributed by atoms with E-state index in [1.165, 1.54) is 0 Å². The first-order chi connectivity index (χ1) is 8.18. The molecule has 2 heterocycles. The molecule has 5 nitrogen and oxygen atoms in total. The van der Waals surface area contributed by atoms with E-state index in [0.717, 1.165) is 31.4 Å². The molecule has 2 rings (SSSR count). The minimum absolute atomic E-state index is 0.486. The van der Waals surface area contributed by atoms with Crippen LogP contribution in [0.15, 0.2) is 12.4 Å². The predicted octanol–water partition coefficient (Wildman–Crippen LogP) is 1.62. The fraction of sp³-hybridized carbons (Fsp3) is 0.583. The van der Waals surface area contributed by atoms with Crippen LogP contribution in [0.1, 0.15) is 31.2 Å². The summed E-state index contributed by atoms with van der Waals surface area (Å²) in [5, 5.41) is 9.25. The van der Waals surface area contributed by atoms with Crippen LogP contribution in [-0.4, -0.2) is 33.6 Å². The average molecular weight is 235 g/mol. The highest BCUT2D eigenvalue weighted by Gasteiger charge is 2.28. The van der Waals surface area contributed by atoms with Crippen LogP contribution < -0.4 is 4.90 Å². The molecular weight excluding hydrogens is 218 g/mol. The van der Waals surface area contributed by atoms with Crippen molar-refractivity contribution >= 4 is 11.9 Å². The Balaban J connectivity index is 2.25. The summed E-state index contributed by atoms with van der Waals surface area (Å²) in [7, 11) is 0. The van der Waals surface area contributed by atoms with Gasteiger partial charge in [-0.2, -0.15) is 0 Å². The third kappa shape index (κ3) is 2.72. The van der Waals surface area contributed by atoms with Gasteiger partial charge in [-0.3, -0.25) is 0 Å². The molecule has 92 valence electrons. The van der Waals surface area contributed by atoms with Gasteiger partial charge in [-0.1, -0.05) is 12.8 Å². The largest absolute Gasteiger partial charge is 0.480 e. The summed E-state index contributed by atoms with van der Waals surface area (Å²) in [4.78, 5) is 21.5. The van der Waals surface area contributed by atoms with E-state index in [4.69, 9.17) is 0 Å². The van der Waals surface area contributed by atoms with Gasteiger partial charge in [-0.05, 0) is 25.3 Å². The van der Waals surface area contributed by atoms with Crippen molar-refractivity contribution in [2.75, 3.05) is 11.4 Å². The summed E-state index contributed by atoms with van der Waals surface area (Å²) < 4.78 is 0. The number of rotatable bonds is 2. The maximum Gasteiger partial charge on any atom is 0.326 e. The number of carboxylic acids is 1. The first-order valence-electron chi connectivity index (χ1n) is 5.96. The molecule has 0 bridgehead atoms. The van der Waals surface area contributed by atoms with Gasteiger partial charge < -0.3 is 10.0 Å². The molecule has 5 heteroatoms. The van der Waals surface area contributed by atoms with E-state index in [0.29, 0.717) is 12.4 Å². The first-order valence-corrected chi connectivity index (χ1v) is 5.96. The Bertz CT molecular complexity index is 391. The molecule has 1 unspecified atom stereocenters. The maximum absolute atomic E-state index is 11.3. The first kappa shape index (κ1) is 11.8. The number of aryl methyl sites for hydroxylation is 1. The van der Waals surface area contributed by atoms with Crippen LogP contribution in [0.3, 0.4) is 0 Å². The van der Waals surface area contributed by atoms with Gasteiger partial charge in [0.2, 0.25) is 5.95 Å². The SMILES string of the molecule is Cc1cnc(N2CCCCCC2C(=O)O)nc1. The Kier molecular flexibility index (Phi) is 3.56. The third-order valence-corrected chi connectivity index (χ3v) is 3.06. The number of hydrogen-bond donors (Lipinski definition) is 1. The van der Waals surface area contributed by atoms with Gasteiger partial charge in [-0.25, -0.2) is 14.8 Å². The van der Waals surface area contributed by atoms with Gasteiger partial charge in [-0.15, -0.1) is 0 Å². The predicted molar refractivity (Wildman–Crippen MR) is 64.0 cm³/mol. The number of anilines is 1. The summed E-state index contributed by atoms with van der Waals surface area (Å²) >= 11 is 0. The normalized spacial score (nSPS) is 21.0. The standard InChI is InChI=1S/C12H17N3O2/c1-9-7-13-12(14-8-9)15-6-4-2-3-5-10(15)11(16)17/h7-8,10H,2-6H2,1H3,(H,16,17). The van der Waals surface area contributed by atoms with E-state index in [1.807, 2.05) is 11.8 Å². The van der Waals surface area contributed by atoms with Crippen molar-refractivity contribution < 1.29 is 9.90 Å². The zero-order valence-electron chi connectivity index (χ0n) is 9.96. The highest BCUT2D eigenvalue weighted by atomic mass is 16.4. The van der Waals surface area contributed by atoms with Gasteiger partial charge in [0.05, 0.1) is 0 Å². The van der Waals surface area contributed by atoms with Crippen LogP contribution in [0.5, 0.6) is 0 Å². The molecule has 1 aliphatic heterocycles. The molecule has 1 atom stereocenters. The van der Waals surface area contributed by atoms with Crippen molar-refractivity contribution in [3.05, 3.63) is 18.0 Å². The Morgan fingerprint density at radius 2 is 2.06 bits per heavy atom. The lowest BCUT2D eigenvalue weighted by Gasteiger charge is -2.26. The second-order valence-electron chi connectivity index (χ2n) is 4.46. The summed E-state index contributed by atoms with van der Waals surface area (Å²) in [5.74, 6) is -0.249. The van der Waals surface area contributed by atoms with Gasteiger partial charge in [0.15, 0.2) is 0 Å². The number of carboxylic acid groups (broad SMARTS) is 1. The summed E-state index contributed by atoms with van der Waals surface area (Å²) in [6.07, 6.45) is 7.16. The van der Waals surface area contributed by atoms with Crippen LogP contribution in [0.4, 0.5) is 5.95 Å². The second-order valence-corrected chi connectivity index (χ2v) is 4.46. The fourth-order valence-corrected chi connectivity index (χ4v) is 2.14. The quantitative estimate of drug-likeness (QED) is 0.843. The summed E-state index contributed by atoms with van der Waals surface area (Å²) in [5.41, 5.74) is 0.982. The third-order valence-electron chi connectivity index (χ3n) is 3.06. The Hall–Kier alpha value is -1.65. The molecule has 0 aliphatic carbocycles. The minimum atomic E-state index is -0.781. The van der Waals surface area contributed by atoms with Crippen LogP contribution >= 0.6 is 0 Å². The van der Waals surface area contributed by atoms with Crippen LogP contribution in [0, 0.1) is 6.92 Å². The topological polar surface area (TPSA) is 66.3 Å². The molecule has 17 heavy (non-hydrogen) atoms. The van der Waals surface area contributed by atoms with Crippen molar-refractivity contribution in [3.63, 3.8) is 0 Å². The zero-order valence-corrected chi connectivity index (χ0v) is 9.96. The van der Waals surface area contributed by atoms with Crippen molar-refractivity contribution in [2.45, 2.75) is 38.6 Å². The van der Waals surface area contributed by atoms with Crippen LogP contribution in [-0.2, 0) is 4.79 Å². The Morgan fingerprint density at radius 3 is 2.71 bits per heavy atom. The van der Waals surface area contributed by atoms with E-state index < -0.39 is 12.0 Å². The molecule has 1 aliphatic rings. The molecule has 1 fully saturated rings. The monoisotopic (exact) mass is 235 g/mol. The van der Waals surface area contributed by atoms with E-state index in [-0.39, 0.29) is 0 Å². The average Bonchev–Trinajstić information content (AvgIpc) is 2.55. The van der Waals surface area contributed by atoms with E-state index in [1.54, 1.807) is 12.4 Å². The molecule has 0 spiro atoms. The lowest BCUT2D eigenvalue weighted by molar-refractivity contribution is -0.138. The smallest absolute Gasteiger partial charge is 0.326 e. The molecular formula is C12H17N3O2. The maximum atomic E-state index is 11.3. The molecule has 1 aromatic rings. The molecule has 1 N–H and O–H groups in total. The molecule has 0 aromatic carbocycles. The van der Waals surface area contributed by atoms with E-state index in [9.17, 15) is 9.90 Å². The fourth-order valence-electron chi connectivity index (χ4n) is 2.14. The highest BCUT2D eigenvalue weighted by molar-refractivity contribution is 5.77. The summed E-state index contributed by atoms with van der Waals surface area (Å²) in [6, 6.07) is -0.486. The Labute approximate surface area is 100 Å². The van der Waals surface area contributed by atoms with Crippen LogP contribution in [0.25, 0.3) is 0 Å². The molecule has 0 radical (unpaired) electrons. The lowest BCUT2D eigenvalue weighted by atomic mass is 10.1. The zero-order chi connectivity index (χ0) is 12.3. The van der Waals surface area contributed by atoms with Gasteiger partial charge >= 0.3 is 5.97 Å². The van der Waals surface area contributed by atoms with Gasteiger partial charge in [0.1, 0.15) is 6.04 Å². The van der Waals surface area contributed by atoms with Gasteiger partial charge in [0.25, 0.3) is 0 Å². The lowest BCUT2D eigenvalue weighted by Crippen LogP contribution is -2.41. The van der Waals surface area contributed by atoms with Crippen molar-refractivity contribution in [1.82, 2.24) is 9.97 Å². The van der Waals surface area contributed by atoms with E-state index in [2.05, 4.69) is 9.97 Å². The molecule has 0 amide bonds. The number of aromatic nitrogens is 2. The highest BCUT2D eigenvalue weighted by Crippen LogP contribution is 2.21. The van der Waals surface area contributed by atoms with Crippen molar-refractivity contribution in [2.24, 2.45) is 0 Å². The van der Waals surface area contributed by atoms with Crippen LogP contribution in [0.2, 0.25) is 0 Å². The minimum Gasteiger partial charge on any atom is -0.480 e. The van der Waals surface area contributed by atoms with Crippen molar-refractivity contribution in [3.8, 4) is 0 Å². The second kappa shape index (κ2) is 5.12. The Morgan fingerprint density at radius 1 is 1.35 bits per heavy atom. The molecule has 1 saturated heterocycles. The number of hydrogen-bond acceptors (Lipinski definition) is 4. The molecule has 0 saturated carbocycles.